The predicted octanol–water partition coefficient (Wildman–Crippen LogP) is 1.25. The summed E-state index contributed by atoms with van der Waals surface area (Å²) in [6, 6.07) is 4.31. The van der Waals surface area contributed by atoms with E-state index in [9.17, 15) is 8.42 Å². The van der Waals surface area contributed by atoms with Gasteiger partial charge in [0.2, 0.25) is 11.7 Å². The van der Waals surface area contributed by atoms with Crippen LogP contribution in [0.1, 0.15) is 5.89 Å². The number of sulfone groups is 1. The highest BCUT2D eigenvalue weighted by atomic mass is 35.5. The Morgan fingerprint density at radius 3 is 2.72 bits per heavy atom. The number of hydrogen-bond acceptors (Lipinski definition) is 6. The lowest BCUT2D eigenvalue weighted by molar-refractivity contribution is 0.380. The summed E-state index contributed by atoms with van der Waals surface area (Å²) in [5.41, 5.74) is 5.75. The van der Waals surface area contributed by atoms with E-state index in [1.807, 2.05) is 0 Å². The van der Waals surface area contributed by atoms with Crippen LogP contribution in [0.15, 0.2) is 27.6 Å². The molecule has 0 aliphatic carbocycles. The van der Waals surface area contributed by atoms with Crippen molar-refractivity contribution in [3.63, 3.8) is 0 Å². The molecule has 0 aliphatic rings. The molecule has 1 aromatic carbocycles. The summed E-state index contributed by atoms with van der Waals surface area (Å²) in [5, 5.41) is 4.04. The quantitative estimate of drug-likeness (QED) is 0.912. The lowest BCUT2D eigenvalue weighted by Crippen LogP contribution is -1.98. The van der Waals surface area contributed by atoms with Gasteiger partial charge in [-0.2, -0.15) is 4.98 Å². The Morgan fingerprint density at radius 1 is 1.44 bits per heavy atom. The van der Waals surface area contributed by atoms with E-state index in [4.69, 9.17) is 21.9 Å². The van der Waals surface area contributed by atoms with Crippen molar-refractivity contribution in [2.24, 2.45) is 5.73 Å². The van der Waals surface area contributed by atoms with E-state index in [1.165, 1.54) is 18.2 Å². The summed E-state index contributed by atoms with van der Waals surface area (Å²) >= 11 is 5.99. The van der Waals surface area contributed by atoms with Crippen molar-refractivity contribution in [3.8, 4) is 11.4 Å². The average Bonchev–Trinajstić information content (AvgIpc) is 2.76. The molecule has 0 saturated heterocycles. The van der Waals surface area contributed by atoms with Crippen LogP contribution in [0.2, 0.25) is 5.02 Å². The summed E-state index contributed by atoms with van der Waals surface area (Å²) in [6.45, 7) is 0.108. The number of nitrogens with two attached hydrogens (primary N) is 1. The second kappa shape index (κ2) is 4.68. The standard InChI is InChI=1S/C10H10ClN3O3S/c1-18(15,16)6-2-3-8(11)7(4-6)10-13-9(5-12)17-14-10/h2-4H,5,12H2,1H3. The van der Waals surface area contributed by atoms with Crippen LogP contribution in [-0.2, 0) is 16.4 Å². The first-order chi connectivity index (χ1) is 8.41. The first-order valence-corrected chi connectivity index (χ1v) is 7.21. The van der Waals surface area contributed by atoms with Crippen LogP contribution in [0.5, 0.6) is 0 Å². The van der Waals surface area contributed by atoms with E-state index in [0.29, 0.717) is 10.6 Å². The fourth-order valence-electron chi connectivity index (χ4n) is 1.35. The second-order valence-corrected chi connectivity index (χ2v) is 6.05. The van der Waals surface area contributed by atoms with E-state index in [0.717, 1.165) is 6.26 Å². The van der Waals surface area contributed by atoms with Gasteiger partial charge in [-0.25, -0.2) is 8.42 Å². The number of hydrogen-bond donors (Lipinski definition) is 1. The van der Waals surface area contributed by atoms with Crippen molar-refractivity contribution in [3.05, 3.63) is 29.1 Å². The van der Waals surface area contributed by atoms with Gasteiger partial charge in [-0.3, -0.25) is 0 Å². The van der Waals surface area contributed by atoms with Crippen molar-refractivity contribution in [1.82, 2.24) is 10.1 Å². The number of aromatic nitrogens is 2. The predicted molar refractivity (Wildman–Crippen MR) is 65.7 cm³/mol. The molecule has 2 N–H and O–H groups in total. The molecule has 0 unspecified atom stereocenters. The largest absolute Gasteiger partial charge is 0.338 e. The molecular weight excluding hydrogens is 278 g/mol. The molecule has 2 rings (SSSR count). The summed E-state index contributed by atoms with van der Waals surface area (Å²) in [7, 11) is -3.32. The Bertz CT molecular complexity index is 681. The molecule has 8 heteroatoms. The zero-order chi connectivity index (χ0) is 13.3. The van der Waals surface area contributed by atoms with Crippen LogP contribution in [-0.4, -0.2) is 24.8 Å². The zero-order valence-corrected chi connectivity index (χ0v) is 11.0. The summed E-state index contributed by atoms with van der Waals surface area (Å²) < 4.78 is 27.8. The lowest BCUT2D eigenvalue weighted by Gasteiger charge is -2.02. The van der Waals surface area contributed by atoms with Crippen molar-refractivity contribution in [1.29, 1.82) is 0 Å². The first kappa shape index (κ1) is 13.0. The number of nitrogens with zero attached hydrogens (tertiary/aromatic N) is 2. The molecule has 2 aromatic rings. The van der Waals surface area contributed by atoms with E-state index < -0.39 is 9.84 Å². The molecule has 0 radical (unpaired) electrons. The normalized spacial score (nSPS) is 11.7. The van der Waals surface area contributed by atoms with Crippen molar-refractivity contribution in [2.45, 2.75) is 11.4 Å². The van der Waals surface area contributed by atoms with Gasteiger partial charge in [0.05, 0.1) is 16.5 Å². The van der Waals surface area contributed by atoms with Gasteiger partial charge in [0, 0.05) is 11.8 Å². The summed E-state index contributed by atoms with van der Waals surface area (Å²) in [5.74, 6) is 0.469. The highest BCUT2D eigenvalue weighted by Gasteiger charge is 2.15. The van der Waals surface area contributed by atoms with E-state index in [-0.39, 0.29) is 23.2 Å². The maximum absolute atomic E-state index is 11.5. The monoisotopic (exact) mass is 287 g/mol. The van der Waals surface area contributed by atoms with E-state index >= 15 is 0 Å². The van der Waals surface area contributed by atoms with Crippen LogP contribution < -0.4 is 5.73 Å². The Hall–Kier alpha value is -1.44. The average molecular weight is 288 g/mol. The van der Waals surface area contributed by atoms with Crippen molar-refractivity contribution >= 4 is 21.4 Å². The van der Waals surface area contributed by atoms with Gasteiger partial charge in [-0.05, 0) is 18.2 Å². The van der Waals surface area contributed by atoms with Gasteiger partial charge in [0.15, 0.2) is 9.84 Å². The Kier molecular flexibility index (Phi) is 3.38. The van der Waals surface area contributed by atoms with E-state index in [2.05, 4.69) is 10.1 Å². The SMILES string of the molecule is CS(=O)(=O)c1ccc(Cl)c(-c2noc(CN)n2)c1. The van der Waals surface area contributed by atoms with Crippen molar-refractivity contribution < 1.29 is 12.9 Å². The van der Waals surface area contributed by atoms with Crippen LogP contribution in [0.25, 0.3) is 11.4 Å². The fourth-order valence-corrected chi connectivity index (χ4v) is 2.20. The second-order valence-electron chi connectivity index (χ2n) is 3.63. The van der Waals surface area contributed by atoms with E-state index in [1.54, 1.807) is 0 Å². The fraction of sp³-hybridized carbons (Fsp3) is 0.200. The maximum atomic E-state index is 11.5. The lowest BCUT2D eigenvalue weighted by atomic mass is 10.2. The van der Waals surface area contributed by atoms with Gasteiger partial charge >= 0.3 is 0 Å². The molecule has 0 saturated carbocycles. The highest BCUT2D eigenvalue weighted by Crippen LogP contribution is 2.28. The zero-order valence-electron chi connectivity index (χ0n) is 9.42. The highest BCUT2D eigenvalue weighted by molar-refractivity contribution is 7.90. The van der Waals surface area contributed by atoms with Gasteiger partial charge in [-0.15, -0.1) is 0 Å². The summed E-state index contributed by atoms with van der Waals surface area (Å²) in [4.78, 5) is 4.14. The van der Waals surface area contributed by atoms with Crippen LogP contribution >= 0.6 is 11.6 Å². The molecule has 1 heterocycles. The number of halogens is 1. The minimum Gasteiger partial charge on any atom is -0.338 e. The molecule has 96 valence electrons. The molecule has 0 fully saturated rings. The Balaban J connectivity index is 2.56. The van der Waals surface area contributed by atoms with Crippen LogP contribution in [0, 0.1) is 0 Å². The molecule has 0 amide bonds. The van der Waals surface area contributed by atoms with Crippen LogP contribution in [0.4, 0.5) is 0 Å². The number of rotatable bonds is 3. The van der Waals surface area contributed by atoms with Gasteiger partial charge in [-0.1, -0.05) is 16.8 Å². The molecule has 6 nitrogen and oxygen atoms in total. The number of benzene rings is 1. The molecule has 18 heavy (non-hydrogen) atoms. The third-order valence-electron chi connectivity index (χ3n) is 2.25. The van der Waals surface area contributed by atoms with Gasteiger partial charge in [0.1, 0.15) is 0 Å². The minimum absolute atomic E-state index is 0.108. The maximum Gasteiger partial charge on any atom is 0.240 e. The molecule has 0 aliphatic heterocycles. The Morgan fingerprint density at radius 2 is 2.17 bits per heavy atom. The third kappa shape index (κ3) is 2.53. The molecule has 0 spiro atoms. The smallest absolute Gasteiger partial charge is 0.240 e. The third-order valence-corrected chi connectivity index (χ3v) is 3.69. The molecule has 0 atom stereocenters. The minimum atomic E-state index is -3.32. The topological polar surface area (TPSA) is 99.1 Å². The van der Waals surface area contributed by atoms with Gasteiger partial charge in [0.25, 0.3) is 0 Å². The first-order valence-electron chi connectivity index (χ1n) is 4.94. The van der Waals surface area contributed by atoms with Gasteiger partial charge < -0.3 is 10.3 Å². The Labute approximate surface area is 109 Å². The molecule has 1 aromatic heterocycles. The summed E-state index contributed by atoms with van der Waals surface area (Å²) in [6.07, 6.45) is 1.11. The molecule has 0 bridgehead atoms. The van der Waals surface area contributed by atoms with Crippen molar-refractivity contribution in [2.75, 3.05) is 6.26 Å². The van der Waals surface area contributed by atoms with Crippen LogP contribution in [0.3, 0.4) is 0 Å². The molecular formula is C10H10ClN3O3S.